The van der Waals surface area contributed by atoms with Gasteiger partial charge in [-0.15, -0.1) is 0 Å². The van der Waals surface area contributed by atoms with E-state index in [1.165, 1.54) is 42.7 Å². The van der Waals surface area contributed by atoms with Gasteiger partial charge in [0.1, 0.15) is 17.4 Å². The van der Waals surface area contributed by atoms with Gasteiger partial charge in [-0.3, -0.25) is 14.8 Å². The minimum atomic E-state index is -0.597. The minimum absolute atomic E-state index is 0.0147. The fourth-order valence-electron chi connectivity index (χ4n) is 2.87. The van der Waals surface area contributed by atoms with Crippen LogP contribution in [-0.2, 0) is 11.2 Å². The Bertz CT molecular complexity index is 964. The molecule has 3 rings (SSSR count). The zero-order chi connectivity index (χ0) is 19.4. The van der Waals surface area contributed by atoms with Gasteiger partial charge < -0.3 is 0 Å². The first-order valence-electron chi connectivity index (χ1n) is 8.10. The minimum Gasteiger partial charge on any atom is -0.299 e. The molecule has 1 atom stereocenters. The lowest BCUT2D eigenvalue weighted by Crippen LogP contribution is -2.13. The fraction of sp³-hybridized carbons (Fsp3) is 0.150. The van der Waals surface area contributed by atoms with Crippen molar-refractivity contribution in [3.05, 3.63) is 92.8 Å². The van der Waals surface area contributed by atoms with Crippen molar-refractivity contribution < 1.29 is 18.0 Å². The highest BCUT2D eigenvalue weighted by Gasteiger charge is 2.22. The number of pyridine rings is 2. The second-order valence-electron chi connectivity index (χ2n) is 6.02. The van der Waals surface area contributed by atoms with Gasteiger partial charge in [0.25, 0.3) is 0 Å². The summed E-state index contributed by atoms with van der Waals surface area (Å²) in [4.78, 5) is 20.2. The lowest BCUT2D eigenvalue weighted by molar-refractivity contribution is -0.118. The van der Waals surface area contributed by atoms with E-state index in [2.05, 4.69) is 9.97 Å². The number of hydrogen-bond acceptors (Lipinski definition) is 3. The normalized spacial score (nSPS) is 12.0. The van der Waals surface area contributed by atoms with Crippen LogP contribution in [0, 0.1) is 21.0 Å². The third-order valence-corrected chi connectivity index (χ3v) is 5.39. The summed E-state index contributed by atoms with van der Waals surface area (Å²) in [6, 6.07) is 7.10. The molecule has 0 saturated heterocycles. The van der Waals surface area contributed by atoms with Gasteiger partial charge in [-0.2, -0.15) is 0 Å². The number of ketones is 1. The van der Waals surface area contributed by atoms with Gasteiger partial charge in [0.2, 0.25) is 0 Å². The quantitative estimate of drug-likeness (QED) is 0.473. The molecular weight excluding hydrogens is 468 g/mol. The van der Waals surface area contributed by atoms with Crippen LogP contribution in [0.2, 0.25) is 0 Å². The molecule has 138 valence electrons. The predicted molar refractivity (Wildman–Crippen MR) is 103 cm³/mol. The molecule has 0 bridgehead atoms. The standard InChI is InChI=1S/C20H14F3IN2O/c21-14-3-1-12(2-4-14)17(16-5-6-25-10-18(16)22)8-15(27)7-13-9-26-11-19(23)20(13)24/h1-6,9-11,17H,7-8H2/t17-/m1/s1. The Morgan fingerprint density at radius 2 is 1.67 bits per heavy atom. The van der Waals surface area contributed by atoms with E-state index in [9.17, 15) is 18.0 Å². The molecule has 0 aliphatic rings. The first-order valence-corrected chi connectivity index (χ1v) is 9.18. The number of halogens is 4. The van der Waals surface area contributed by atoms with E-state index in [0.717, 1.165) is 12.4 Å². The Morgan fingerprint density at radius 1 is 0.963 bits per heavy atom. The van der Waals surface area contributed by atoms with E-state index < -0.39 is 23.4 Å². The van der Waals surface area contributed by atoms with Crippen LogP contribution in [0.25, 0.3) is 0 Å². The van der Waals surface area contributed by atoms with Gasteiger partial charge in [-0.1, -0.05) is 12.1 Å². The third kappa shape index (κ3) is 4.71. The van der Waals surface area contributed by atoms with E-state index in [1.807, 2.05) is 22.6 Å². The number of Topliss-reactive ketones (excluding diaryl/α,β-unsaturated/α-hetero) is 1. The Balaban J connectivity index is 1.89. The van der Waals surface area contributed by atoms with E-state index >= 15 is 0 Å². The van der Waals surface area contributed by atoms with E-state index in [4.69, 9.17) is 0 Å². The number of aromatic nitrogens is 2. The average molecular weight is 482 g/mol. The van der Waals surface area contributed by atoms with Crippen LogP contribution >= 0.6 is 22.6 Å². The van der Waals surface area contributed by atoms with Gasteiger partial charge in [0.15, 0.2) is 5.82 Å². The number of rotatable bonds is 6. The summed E-state index contributed by atoms with van der Waals surface area (Å²) in [5.74, 6) is -2.25. The zero-order valence-corrected chi connectivity index (χ0v) is 16.2. The Labute approximate surface area is 167 Å². The molecule has 0 aliphatic carbocycles. The van der Waals surface area contributed by atoms with Crippen molar-refractivity contribution in [2.45, 2.75) is 18.8 Å². The highest BCUT2D eigenvalue weighted by Crippen LogP contribution is 2.30. The molecule has 7 heteroatoms. The van der Waals surface area contributed by atoms with Crippen LogP contribution in [0.15, 0.2) is 55.1 Å². The fourth-order valence-corrected chi connectivity index (χ4v) is 3.34. The Kier molecular flexibility index (Phi) is 6.20. The molecule has 0 N–H and O–H groups in total. The van der Waals surface area contributed by atoms with E-state index in [0.29, 0.717) is 20.3 Å². The molecule has 1 aromatic carbocycles. The van der Waals surface area contributed by atoms with Crippen LogP contribution in [0.3, 0.4) is 0 Å². The van der Waals surface area contributed by atoms with Crippen LogP contribution < -0.4 is 0 Å². The second-order valence-corrected chi connectivity index (χ2v) is 7.09. The van der Waals surface area contributed by atoms with Crippen LogP contribution in [0.5, 0.6) is 0 Å². The largest absolute Gasteiger partial charge is 0.299 e. The molecule has 3 nitrogen and oxygen atoms in total. The monoisotopic (exact) mass is 482 g/mol. The maximum Gasteiger partial charge on any atom is 0.155 e. The Hall–Kier alpha value is -2.29. The summed E-state index contributed by atoms with van der Waals surface area (Å²) >= 11 is 1.83. The average Bonchev–Trinajstić information content (AvgIpc) is 2.65. The summed E-state index contributed by atoms with van der Waals surface area (Å²) in [5, 5.41) is 0. The van der Waals surface area contributed by atoms with Gasteiger partial charge in [0.05, 0.1) is 16.0 Å². The van der Waals surface area contributed by atoms with Crippen LogP contribution in [0.1, 0.15) is 29.0 Å². The molecule has 0 aliphatic heterocycles. The molecule has 0 saturated carbocycles. The molecule has 0 radical (unpaired) electrons. The predicted octanol–water partition coefficient (Wildman–Crippen LogP) is 4.83. The summed E-state index contributed by atoms with van der Waals surface area (Å²) in [6.07, 6.45) is 5.02. The van der Waals surface area contributed by atoms with Crippen molar-refractivity contribution in [3.8, 4) is 0 Å². The number of nitrogens with zero attached hydrogens (tertiary/aromatic N) is 2. The maximum atomic E-state index is 14.3. The number of carbonyl (C=O) groups excluding carboxylic acids is 1. The zero-order valence-electron chi connectivity index (χ0n) is 14.0. The molecule has 0 unspecified atom stereocenters. The number of hydrogen-bond donors (Lipinski definition) is 0. The molecule has 0 spiro atoms. The molecule has 27 heavy (non-hydrogen) atoms. The van der Waals surface area contributed by atoms with E-state index in [1.54, 1.807) is 0 Å². The lowest BCUT2D eigenvalue weighted by Gasteiger charge is -2.18. The highest BCUT2D eigenvalue weighted by molar-refractivity contribution is 14.1. The van der Waals surface area contributed by atoms with Crippen molar-refractivity contribution in [2.75, 3.05) is 0 Å². The van der Waals surface area contributed by atoms with Gasteiger partial charge in [0, 0.05) is 31.2 Å². The first kappa shape index (κ1) is 19.5. The number of carbonyl (C=O) groups is 1. The van der Waals surface area contributed by atoms with Crippen LogP contribution in [-0.4, -0.2) is 15.8 Å². The van der Waals surface area contributed by atoms with Crippen molar-refractivity contribution >= 4 is 28.4 Å². The van der Waals surface area contributed by atoms with Gasteiger partial charge >= 0.3 is 0 Å². The first-order chi connectivity index (χ1) is 13.0. The van der Waals surface area contributed by atoms with Gasteiger partial charge in [-0.05, 0) is 57.5 Å². The summed E-state index contributed by atoms with van der Waals surface area (Å²) in [5.41, 5.74) is 1.40. The van der Waals surface area contributed by atoms with Crippen molar-refractivity contribution in [3.63, 3.8) is 0 Å². The van der Waals surface area contributed by atoms with Gasteiger partial charge in [-0.25, -0.2) is 13.2 Å². The highest BCUT2D eigenvalue weighted by atomic mass is 127. The third-order valence-electron chi connectivity index (χ3n) is 4.18. The Morgan fingerprint density at radius 3 is 2.37 bits per heavy atom. The molecule has 2 aromatic heterocycles. The maximum absolute atomic E-state index is 14.3. The number of benzene rings is 1. The molecule has 0 fully saturated rings. The summed E-state index contributed by atoms with van der Waals surface area (Å²) in [7, 11) is 0. The lowest BCUT2D eigenvalue weighted by atomic mass is 9.86. The summed E-state index contributed by atoms with van der Waals surface area (Å²) in [6.45, 7) is 0. The molecule has 0 amide bonds. The second kappa shape index (κ2) is 8.60. The van der Waals surface area contributed by atoms with Crippen molar-refractivity contribution in [2.24, 2.45) is 0 Å². The smallest absolute Gasteiger partial charge is 0.155 e. The topological polar surface area (TPSA) is 42.9 Å². The molecular formula is C20H14F3IN2O. The SMILES string of the molecule is O=C(Cc1cncc(F)c1I)C[C@H](c1ccc(F)cc1)c1ccncc1F. The van der Waals surface area contributed by atoms with Crippen molar-refractivity contribution in [1.82, 2.24) is 9.97 Å². The van der Waals surface area contributed by atoms with E-state index in [-0.39, 0.29) is 18.6 Å². The molecule has 3 aromatic rings. The summed E-state index contributed by atoms with van der Waals surface area (Å²) < 4.78 is 41.5. The molecule has 2 heterocycles. The van der Waals surface area contributed by atoms with Crippen LogP contribution in [0.4, 0.5) is 13.2 Å². The van der Waals surface area contributed by atoms with Crippen molar-refractivity contribution in [1.29, 1.82) is 0 Å².